The van der Waals surface area contributed by atoms with Gasteiger partial charge >= 0.3 is 5.97 Å². The Morgan fingerprint density at radius 1 is 1.30 bits per heavy atom. The van der Waals surface area contributed by atoms with Crippen LogP contribution in [0.2, 0.25) is 5.02 Å². The Balaban J connectivity index is 1.57. The third kappa shape index (κ3) is 4.94. The number of carbonyl (C=O) groups excluding carboxylic acids is 3. The van der Waals surface area contributed by atoms with Gasteiger partial charge in [0.1, 0.15) is 5.75 Å². The van der Waals surface area contributed by atoms with Crippen molar-refractivity contribution in [2.45, 2.75) is 13.3 Å². The van der Waals surface area contributed by atoms with E-state index in [9.17, 15) is 14.4 Å². The summed E-state index contributed by atoms with van der Waals surface area (Å²) >= 11 is 9.37. The molecule has 9 heteroatoms. The highest BCUT2D eigenvalue weighted by Gasteiger charge is 2.37. The number of aryl methyl sites for hydroxylation is 1. The maximum atomic E-state index is 12.4. The summed E-state index contributed by atoms with van der Waals surface area (Å²) in [6, 6.07) is 10.5. The van der Waals surface area contributed by atoms with Gasteiger partial charge in [-0.15, -0.1) is 0 Å². The van der Waals surface area contributed by atoms with E-state index in [4.69, 9.17) is 21.1 Å². The van der Waals surface area contributed by atoms with Crippen LogP contribution in [0.3, 0.4) is 0 Å². The number of nitrogens with one attached hydrogen (secondary N) is 1. The number of anilines is 2. The van der Waals surface area contributed by atoms with Crippen LogP contribution in [0.1, 0.15) is 12.0 Å². The van der Waals surface area contributed by atoms with Crippen LogP contribution in [0.15, 0.2) is 40.9 Å². The van der Waals surface area contributed by atoms with Gasteiger partial charge in [0.05, 0.1) is 23.7 Å². The molecule has 30 heavy (non-hydrogen) atoms. The summed E-state index contributed by atoms with van der Waals surface area (Å²) in [6.07, 6.45) is 0.0138. The van der Waals surface area contributed by atoms with E-state index < -0.39 is 24.4 Å². The van der Waals surface area contributed by atoms with Crippen molar-refractivity contribution in [3.8, 4) is 5.75 Å². The quantitative estimate of drug-likeness (QED) is 0.613. The Kier molecular flexibility index (Phi) is 6.99. The Bertz CT molecular complexity index is 997. The number of methoxy groups -OCH3 is 1. The van der Waals surface area contributed by atoms with Crippen LogP contribution < -0.4 is 15.0 Å². The maximum absolute atomic E-state index is 12.4. The van der Waals surface area contributed by atoms with Crippen molar-refractivity contribution in [2.75, 3.05) is 30.5 Å². The predicted octanol–water partition coefficient (Wildman–Crippen LogP) is 3.95. The van der Waals surface area contributed by atoms with E-state index >= 15 is 0 Å². The third-order valence-corrected chi connectivity index (χ3v) is 5.92. The van der Waals surface area contributed by atoms with Crippen LogP contribution >= 0.6 is 27.5 Å². The van der Waals surface area contributed by atoms with E-state index in [1.54, 1.807) is 36.4 Å². The van der Waals surface area contributed by atoms with Crippen LogP contribution in [0.25, 0.3) is 0 Å². The molecule has 0 spiro atoms. The average Bonchev–Trinajstić information content (AvgIpc) is 3.11. The maximum Gasteiger partial charge on any atom is 0.311 e. The number of esters is 1. The molecule has 1 N–H and O–H groups in total. The van der Waals surface area contributed by atoms with E-state index in [1.165, 1.54) is 12.0 Å². The fraction of sp³-hybridized carbons (Fsp3) is 0.286. The standard InChI is InChI=1S/C21H20BrClN2O5/c1-12-7-14(22)15(23)9-16(12)24-19(26)11-30-21(28)13-8-20(27)25(10-13)17-5-3-4-6-18(17)29-2/h3-7,9,13H,8,10-11H2,1-2H3,(H,24,26)/t13-/m1/s1. The smallest absolute Gasteiger partial charge is 0.311 e. The highest BCUT2D eigenvalue weighted by Crippen LogP contribution is 2.33. The molecule has 0 radical (unpaired) electrons. The zero-order valence-electron chi connectivity index (χ0n) is 16.4. The van der Waals surface area contributed by atoms with Gasteiger partial charge in [-0.05, 0) is 52.7 Å². The lowest BCUT2D eigenvalue weighted by atomic mass is 10.1. The van der Waals surface area contributed by atoms with E-state index in [0.29, 0.717) is 22.1 Å². The molecule has 158 valence electrons. The third-order valence-electron chi connectivity index (χ3n) is 4.72. The first-order valence-electron chi connectivity index (χ1n) is 9.15. The number of benzene rings is 2. The van der Waals surface area contributed by atoms with E-state index in [1.807, 2.05) is 6.92 Å². The lowest BCUT2D eigenvalue weighted by Gasteiger charge is -2.19. The van der Waals surface area contributed by atoms with Crippen molar-refractivity contribution in [2.24, 2.45) is 5.92 Å². The minimum atomic E-state index is -0.654. The molecule has 0 aromatic heterocycles. The van der Waals surface area contributed by atoms with Gasteiger partial charge in [-0.2, -0.15) is 0 Å². The summed E-state index contributed by atoms with van der Waals surface area (Å²) in [7, 11) is 1.52. The molecule has 2 aromatic rings. The molecule has 3 rings (SSSR count). The fourth-order valence-corrected chi connectivity index (χ4v) is 3.79. The second kappa shape index (κ2) is 9.49. The van der Waals surface area contributed by atoms with Gasteiger partial charge in [0.25, 0.3) is 5.91 Å². The molecule has 0 unspecified atom stereocenters. The average molecular weight is 496 g/mol. The van der Waals surface area contributed by atoms with Crippen LogP contribution in [0, 0.1) is 12.8 Å². The number of nitrogens with zero attached hydrogens (tertiary/aromatic N) is 1. The first-order valence-corrected chi connectivity index (χ1v) is 10.3. The fourth-order valence-electron chi connectivity index (χ4n) is 3.17. The Labute approximate surface area is 187 Å². The summed E-state index contributed by atoms with van der Waals surface area (Å²) in [5, 5.41) is 3.12. The summed E-state index contributed by atoms with van der Waals surface area (Å²) in [4.78, 5) is 38.5. The lowest BCUT2D eigenvalue weighted by Crippen LogP contribution is -2.28. The number of hydrogen-bond donors (Lipinski definition) is 1. The normalized spacial score (nSPS) is 15.8. The summed E-state index contributed by atoms with van der Waals surface area (Å²) < 4.78 is 11.1. The molecule has 1 saturated heterocycles. The Morgan fingerprint density at radius 3 is 2.77 bits per heavy atom. The molecule has 1 aliphatic heterocycles. The molecule has 2 amide bonds. The largest absolute Gasteiger partial charge is 0.495 e. The zero-order chi connectivity index (χ0) is 21.8. The van der Waals surface area contributed by atoms with Gasteiger partial charge in [0.2, 0.25) is 5.91 Å². The van der Waals surface area contributed by atoms with Crippen molar-refractivity contribution in [1.29, 1.82) is 0 Å². The summed E-state index contributed by atoms with van der Waals surface area (Å²) in [5.74, 6) is -1.40. The van der Waals surface area contributed by atoms with E-state index in [0.717, 1.165) is 10.0 Å². The van der Waals surface area contributed by atoms with Crippen molar-refractivity contribution in [1.82, 2.24) is 0 Å². The van der Waals surface area contributed by atoms with Crippen LogP contribution in [-0.4, -0.2) is 38.0 Å². The van der Waals surface area contributed by atoms with Crippen LogP contribution in [0.4, 0.5) is 11.4 Å². The molecule has 0 aliphatic carbocycles. The first kappa shape index (κ1) is 22.1. The number of rotatable bonds is 6. The number of amides is 2. The summed E-state index contributed by atoms with van der Waals surface area (Å²) in [6.45, 7) is 1.53. The molecule has 0 bridgehead atoms. The lowest BCUT2D eigenvalue weighted by molar-refractivity contribution is -0.151. The SMILES string of the molecule is COc1ccccc1N1C[C@H](C(=O)OCC(=O)Nc2cc(Cl)c(Br)cc2C)CC1=O. The monoisotopic (exact) mass is 494 g/mol. The molecule has 1 heterocycles. The second-order valence-electron chi connectivity index (χ2n) is 6.81. The highest BCUT2D eigenvalue weighted by atomic mass is 79.9. The van der Waals surface area contributed by atoms with E-state index in [-0.39, 0.29) is 18.9 Å². The van der Waals surface area contributed by atoms with Gasteiger partial charge in [-0.25, -0.2) is 0 Å². The minimum absolute atomic E-state index is 0.0138. The summed E-state index contributed by atoms with van der Waals surface area (Å²) in [5.41, 5.74) is 1.93. The predicted molar refractivity (Wildman–Crippen MR) is 117 cm³/mol. The van der Waals surface area contributed by atoms with Crippen molar-refractivity contribution in [3.05, 3.63) is 51.5 Å². The van der Waals surface area contributed by atoms with Crippen molar-refractivity contribution >= 4 is 56.7 Å². The second-order valence-corrected chi connectivity index (χ2v) is 8.08. The molecular weight excluding hydrogens is 476 g/mol. The molecule has 1 aliphatic rings. The van der Waals surface area contributed by atoms with Gasteiger partial charge in [0, 0.05) is 23.1 Å². The molecule has 7 nitrogen and oxygen atoms in total. The molecular formula is C21H20BrClN2O5. The Morgan fingerprint density at radius 2 is 2.03 bits per heavy atom. The van der Waals surface area contributed by atoms with Crippen LogP contribution in [0.5, 0.6) is 5.75 Å². The first-order chi connectivity index (χ1) is 14.3. The highest BCUT2D eigenvalue weighted by molar-refractivity contribution is 9.10. The minimum Gasteiger partial charge on any atom is -0.495 e. The van der Waals surface area contributed by atoms with Crippen molar-refractivity contribution in [3.63, 3.8) is 0 Å². The number of ether oxygens (including phenoxy) is 2. The van der Waals surface area contributed by atoms with Gasteiger partial charge < -0.3 is 19.7 Å². The van der Waals surface area contributed by atoms with Gasteiger partial charge in [-0.3, -0.25) is 14.4 Å². The van der Waals surface area contributed by atoms with Gasteiger partial charge in [-0.1, -0.05) is 23.7 Å². The number of para-hydroxylation sites is 2. The topological polar surface area (TPSA) is 84.9 Å². The zero-order valence-corrected chi connectivity index (χ0v) is 18.7. The number of hydrogen-bond acceptors (Lipinski definition) is 5. The van der Waals surface area contributed by atoms with Crippen LogP contribution in [-0.2, 0) is 19.1 Å². The molecule has 0 saturated carbocycles. The van der Waals surface area contributed by atoms with Gasteiger partial charge in [0.15, 0.2) is 6.61 Å². The molecule has 1 fully saturated rings. The number of halogens is 2. The van der Waals surface area contributed by atoms with E-state index in [2.05, 4.69) is 21.2 Å². The number of carbonyl (C=O) groups is 3. The molecule has 2 aromatic carbocycles. The Hall–Kier alpha value is -2.58. The molecule has 1 atom stereocenters. The van der Waals surface area contributed by atoms with Crippen molar-refractivity contribution < 1.29 is 23.9 Å².